The molecule has 3 heterocycles. The molecule has 0 aromatic carbocycles. The fourth-order valence-electron chi connectivity index (χ4n) is 3.29. The molecule has 0 amide bonds. The Bertz CT molecular complexity index is 629. The van der Waals surface area contributed by atoms with Gasteiger partial charge in [0, 0.05) is 37.4 Å². The minimum atomic E-state index is 0.382. The van der Waals surface area contributed by atoms with Crippen molar-refractivity contribution in [3.8, 4) is 0 Å². The van der Waals surface area contributed by atoms with E-state index in [1.807, 2.05) is 19.2 Å². The van der Waals surface area contributed by atoms with E-state index in [1.165, 1.54) is 6.42 Å². The van der Waals surface area contributed by atoms with E-state index in [0.717, 1.165) is 49.0 Å². The van der Waals surface area contributed by atoms with E-state index < -0.39 is 0 Å². The minimum Gasteiger partial charge on any atom is -0.381 e. The van der Waals surface area contributed by atoms with Crippen molar-refractivity contribution in [2.24, 2.45) is 5.41 Å². The van der Waals surface area contributed by atoms with Gasteiger partial charge in [-0.2, -0.15) is 4.98 Å². The highest BCUT2D eigenvalue weighted by molar-refractivity contribution is 5.20. The molecule has 1 saturated carbocycles. The van der Waals surface area contributed by atoms with Crippen LogP contribution in [0.3, 0.4) is 0 Å². The zero-order valence-corrected chi connectivity index (χ0v) is 12.2. The third-order valence-electron chi connectivity index (χ3n) is 4.80. The van der Waals surface area contributed by atoms with Gasteiger partial charge < -0.3 is 9.26 Å². The summed E-state index contributed by atoms with van der Waals surface area (Å²) >= 11 is 0. The summed E-state index contributed by atoms with van der Waals surface area (Å²) in [5.74, 6) is 2.01. The van der Waals surface area contributed by atoms with Gasteiger partial charge in [0.05, 0.1) is 0 Å². The molecule has 1 aliphatic carbocycles. The third-order valence-corrected chi connectivity index (χ3v) is 4.80. The van der Waals surface area contributed by atoms with Crippen molar-refractivity contribution in [1.82, 2.24) is 15.1 Å². The van der Waals surface area contributed by atoms with Crippen LogP contribution >= 0.6 is 0 Å². The maximum atomic E-state index is 5.49. The molecule has 1 aliphatic heterocycles. The molecule has 1 saturated heterocycles. The Morgan fingerprint density at radius 2 is 2.14 bits per heavy atom. The molecule has 21 heavy (non-hydrogen) atoms. The Balaban J connectivity index is 1.45. The van der Waals surface area contributed by atoms with Gasteiger partial charge in [0.15, 0.2) is 5.82 Å². The molecule has 2 aromatic heterocycles. The smallest absolute Gasteiger partial charge is 0.230 e. The summed E-state index contributed by atoms with van der Waals surface area (Å²) in [5.41, 5.74) is 2.52. The van der Waals surface area contributed by atoms with Gasteiger partial charge in [-0.1, -0.05) is 11.2 Å². The van der Waals surface area contributed by atoms with Crippen molar-refractivity contribution in [3.05, 3.63) is 41.3 Å². The average Bonchev–Trinajstić information content (AvgIpc) is 2.98. The number of aromatic nitrogens is 3. The molecule has 5 heteroatoms. The van der Waals surface area contributed by atoms with Gasteiger partial charge >= 0.3 is 0 Å². The van der Waals surface area contributed by atoms with Gasteiger partial charge in [-0.05, 0) is 43.2 Å². The Kier molecular flexibility index (Phi) is 3.03. The quantitative estimate of drug-likeness (QED) is 0.867. The second-order valence-corrected chi connectivity index (χ2v) is 6.26. The summed E-state index contributed by atoms with van der Waals surface area (Å²) < 4.78 is 10.9. The Hall–Kier alpha value is -1.75. The molecule has 4 rings (SSSR count). The molecule has 2 fully saturated rings. The van der Waals surface area contributed by atoms with Crippen LogP contribution in [0, 0.1) is 12.3 Å². The summed E-state index contributed by atoms with van der Waals surface area (Å²) in [5, 5.41) is 4.13. The van der Waals surface area contributed by atoms with E-state index in [9.17, 15) is 0 Å². The standard InChI is InChI=1S/C16H19N3O2/c1-11-2-3-12(10-17-11)8-14-18-15(21-19-14)13-9-16(13)4-6-20-7-5-16/h2-3,10,13H,4-9H2,1H3. The predicted molar refractivity (Wildman–Crippen MR) is 75.9 cm³/mol. The van der Waals surface area contributed by atoms with Crippen LogP contribution in [-0.4, -0.2) is 28.3 Å². The fourth-order valence-corrected chi connectivity index (χ4v) is 3.29. The van der Waals surface area contributed by atoms with E-state index in [-0.39, 0.29) is 0 Å². The number of pyridine rings is 1. The largest absolute Gasteiger partial charge is 0.381 e. The predicted octanol–water partition coefficient (Wildman–Crippen LogP) is 2.65. The zero-order valence-electron chi connectivity index (χ0n) is 12.2. The maximum absolute atomic E-state index is 5.49. The first-order valence-corrected chi connectivity index (χ1v) is 7.57. The normalized spacial score (nSPS) is 23.4. The van der Waals surface area contributed by atoms with Crippen molar-refractivity contribution in [2.45, 2.75) is 38.5 Å². The molecular weight excluding hydrogens is 266 g/mol. The van der Waals surface area contributed by atoms with E-state index >= 15 is 0 Å². The van der Waals surface area contributed by atoms with E-state index in [0.29, 0.717) is 17.8 Å². The highest BCUT2D eigenvalue weighted by Crippen LogP contribution is 2.64. The second-order valence-electron chi connectivity index (χ2n) is 6.26. The van der Waals surface area contributed by atoms with E-state index in [4.69, 9.17) is 9.26 Å². The molecule has 1 unspecified atom stereocenters. The summed E-state index contributed by atoms with van der Waals surface area (Å²) in [4.78, 5) is 8.89. The molecular formula is C16H19N3O2. The van der Waals surface area contributed by atoms with Gasteiger partial charge in [0.2, 0.25) is 5.89 Å². The highest BCUT2D eigenvalue weighted by atomic mass is 16.5. The fraction of sp³-hybridized carbons (Fsp3) is 0.562. The molecule has 2 aliphatic rings. The van der Waals surface area contributed by atoms with E-state index in [1.54, 1.807) is 0 Å². The number of nitrogens with zero attached hydrogens (tertiary/aromatic N) is 3. The lowest BCUT2D eigenvalue weighted by Crippen LogP contribution is -2.18. The first kappa shape index (κ1) is 13.0. The summed E-state index contributed by atoms with van der Waals surface area (Å²) in [6.45, 7) is 3.72. The van der Waals surface area contributed by atoms with Crippen LogP contribution in [0.5, 0.6) is 0 Å². The first-order chi connectivity index (χ1) is 10.3. The molecule has 0 N–H and O–H groups in total. The second kappa shape index (κ2) is 4.91. The highest BCUT2D eigenvalue weighted by Gasteiger charge is 2.57. The van der Waals surface area contributed by atoms with Crippen molar-refractivity contribution >= 4 is 0 Å². The van der Waals surface area contributed by atoms with Crippen molar-refractivity contribution in [3.63, 3.8) is 0 Å². The lowest BCUT2D eigenvalue weighted by molar-refractivity contribution is 0.0544. The first-order valence-electron chi connectivity index (χ1n) is 7.57. The van der Waals surface area contributed by atoms with Crippen LogP contribution < -0.4 is 0 Å². The Labute approximate surface area is 123 Å². The molecule has 0 bridgehead atoms. The summed E-state index contributed by atoms with van der Waals surface area (Å²) in [6, 6.07) is 4.07. The zero-order chi connectivity index (χ0) is 14.3. The van der Waals surface area contributed by atoms with Gasteiger partial charge in [-0.25, -0.2) is 0 Å². The molecule has 110 valence electrons. The minimum absolute atomic E-state index is 0.382. The van der Waals surface area contributed by atoms with Crippen LogP contribution in [0.4, 0.5) is 0 Å². The van der Waals surface area contributed by atoms with Crippen LogP contribution in [0.15, 0.2) is 22.9 Å². The molecule has 5 nitrogen and oxygen atoms in total. The van der Waals surface area contributed by atoms with Crippen molar-refractivity contribution in [1.29, 1.82) is 0 Å². The lowest BCUT2D eigenvalue weighted by atomic mass is 9.94. The molecule has 2 aromatic rings. The Morgan fingerprint density at radius 3 is 2.90 bits per heavy atom. The third kappa shape index (κ3) is 2.46. The number of ether oxygens (including phenoxy) is 1. The van der Waals surface area contributed by atoms with Gasteiger partial charge in [-0.3, -0.25) is 4.98 Å². The number of hydrogen-bond acceptors (Lipinski definition) is 5. The average molecular weight is 285 g/mol. The van der Waals surface area contributed by atoms with Crippen LogP contribution in [0.1, 0.15) is 48.2 Å². The number of hydrogen-bond donors (Lipinski definition) is 0. The van der Waals surface area contributed by atoms with Gasteiger partial charge in [0.25, 0.3) is 0 Å². The van der Waals surface area contributed by atoms with Crippen LogP contribution in [0.2, 0.25) is 0 Å². The number of aryl methyl sites for hydroxylation is 1. The van der Waals surface area contributed by atoms with Gasteiger partial charge in [-0.15, -0.1) is 0 Å². The molecule has 1 spiro atoms. The summed E-state index contributed by atoms with van der Waals surface area (Å²) in [6.07, 6.45) is 5.97. The van der Waals surface area contributed by atoms with Crippen molar-refractivity contribution < 1.29 is 9.26 Å². The van der Waals surface area contributed by atoms with Crippen LogP contribution in [0.25, 0.3) is 0 Å². The lowest BCUT2D eigenvalue weighted by Gasteiger charge is -2.21. The van der Waals surface area contributed by atoms with Gasteiger partial charge in [0.1, 0.15) is 0 Å². The number of rotatable bonds is 3. The molecule has 1 atom stereocenters. The maximum Gasteiger partial charge on any atom is 0.230 e. The SMILES string of the molecule is Cc1ccc(Cc2noc(C3CC34CCOCC4)n2)cn1. The van der Waals surface area contributed by atoms with Crippen molar-refractivity contribution in [2.75, 3.05) is 13.2 Å². The topological polar surface area (TPSA) is 61.0 Å². The summed E-state index contributed by atoms with van der Waals surface area (Å²) in [7, 11) is 0. The van der Waals surface area contributed by atoms with E-state index in [2.05, 4.69) is 21.2 Å². The Morgan fingerprint density at radius 1 is 1.29 bits per heavy atom. The van der Waals surface area contributed by atoms with Crippen LogP contribution in [-0.2, 0) is 11.2 Å². The molecule has 0 radical (unpaired) electrons. The monoisotopic (exact) mass is 285 g/mol.